The highest BCUT2D eigenvalue weighted by atomic mass is 19.1. The number of imide groups is 1. The van der Waals surface area contributed by atoms with E-state index in [0.29, 0.717) is 4.90 Å². The zero-order valence-electron chi connectivity index (χ0n) is 10.4. The maximum absolute atomic E-state index is 13.7. The number of carboxylic acids is 1. The number of aromatic carboxylic acids is 1. The molecule has 1 aliphatic rings. The molecule has 21 heavy (non-hydrogen) atoms. The number of fused-ring (bicyclic) bond motifs is 1. The van der Waals surface area contributed by atoms with Crippen LogP contribution in [0.5, 0.6) is 0 Å². The van der Waals surface area contributed by atoms with E-state index in [2.05, 4.69) is 4.98 Å². The van der Waals surface area contributed by atoms with E-state index in [9.17, 15) is 18.8 Å². The lowest BCUT2D eigenvalue weighted by Gasteiger charge is -2.16. The summed E-state index contributed by atoms with van der Waals surface area (Å²) in [6.07, 6.45) is 2.56. The van der Waals surface area contributed by atoms with Crippen molar-refractivity contribution in [3.05, 3.63) is 59.2 Å². The standard InChI is InChI=1S/C14H7FN2O4/c15-9-2-1-3-10(11(9)14(20)21)17-12(18)7-4-5-16-6-8(7)13(17)19/h1-6H,(H,20,21). The van der Waals surface area contributed by atoms with Crippen molar-refractivity contribution in [2.45, 2.75) is 0 Å². The van der Waals surface area contributed by atoms with Crippen molar-refractivity contribution in [2.24, 2.45) is 0 Å². The minimum atomic E-state index is -1.56. The minimum absolute atomic E-state index is 0.0584. The van der Waals surface area contributed by atoms with E-state index in [1.54, 1.807) is 0 Å². The number of carbonyl (C=O) groups excluding carboxylic acids is 2. The van der Waals surface area contributed by atoms with Gasteiger partial charge < -0.3 is 5.11 Å². The molecule has 0 spiro atoms. The van der Waals surface area contributed by atoms with E-state index in [-0.39, 0.29) is 16.8 Å². The molecule has 0 radical (unpaired) electrons. The third kappa shape index (κ3) is 1.78. The van der Waals surface area contributed by atoms with Gasteiger partial charge in [-0.3, -0.25) is 14.6 Å². The number of hydrogen-bond donors (Lipinski definition) is 1. The van der Waals surface area contributed by atoms with Gasteiger partial charge in [0.15, 0.2) is 0 Å². The number of aromatic nitrogens is 1. The summed E-state index contributed by atoms with van der Waals surface area (Å²) >= 11 is 0. The molecule has 0 saturated carbocycles. The molecule has 2 heterocycles. The Morgan fingerprint density at radius 2 is 1.86 bits per heavy atom. The Kier molecular flexibility index (Phi) is 2.76. The molecule has 0 atom stereocenters. The molecule has 1 aromatic heterocycles. The Morgan fingerprint density at radius 1 is 1.14 bits per heavy atom. The van der Waals surface area contributed by atoms with Gasteiger partial charge in [0.2, 0.25) is 0 Å². The fraction of sp³-hybridized carbons (Fsp3) is 0. The molecule has 7 heteroatoms. The number of anilines is 1. The van der Waals surface area contributed by atoms with Gasteiger partial charge in [-0.05, 0) is 18.2 Å². The molecule has 3 rings (SSSR count). The van der Waals surface area contributed by atoms with Crippen LogP contribution >= 0.6 is 0 Å². The predicted octanol–water partition coefficient (Wildman–Crippen LogP) is 1.72. The van der Waals surface area contributed by atoms with Crippen molar-refractivity contribution >= 4 is 23.5 Å². The Bertz CT molecular complexity index is 768. The predicted molar refractivity (Wildman–Crippen MR) is 68.7 cm³/mol. The summed E-state index contributed by atoms with van der Waals surface area (Å²) in [4.78, 5) is 40.1. The van der Waals surface area contributed by atoms with E-state index in [0.717, 1.165) is 6.07 Å². The number of amides is 2. The third-order valence-electron chi connectivity index (χ3n) is 3.13. The molecular weight excluding hydrogens is 279 g/mol. The summed E-state index contributed by atoms with van der Waals surface area (Å²) < 4.78 is 13.7. The zero-order valence-corrected chi connectivity index (χ0v) is 10.4. The van der Waals surface area contributed by atoms with Gasteiger partial charge in [-0.1, -0.05) is 6.07 Å². The Hall–Kier alpha value is -3.09. The van der Waals surface area contributed by atoms with Crippen LogP contribution in [0.1, 0.15) is 31.1 Å². The second-order valence-corrected chi connectivity index (χ2v) is 4.31. The highest BCUT2D eigenvalue weighted by Crippen LogP contribution is 2.31. The van der Waals surface area contributed by atoms with Crippen molar-refractivity contribution in [2.75, 3.05) is 4.90 Å². The zero-order chi connectivity index (χ0) is 15.1. The number of halogens is 1. The molecule has 0 unspecified atom stereocenters. The molecule has 1 N–H and O–H groups in total. The average molecular weight is 286 g/mol. The van der Waals surface area contributed by atoms with Crippen molar-refractivity contribution in [1.29, 1.82) is 0 Å². The van der Waals surface area contributed by atoms with Crippen molar-refractivity contribution in [3.8, 4) is 0 Å². The van der Waals surface area contributed by atoms with Crippen LogP contribution in [0.3, 0.4) is 0 Å². The van der Waals surface area contributed by atoms with Crippen LogP contribution in [0.2, 0.25) is 0 Å². The van der Waals surface area contributed by atoms with E-state index in [1.807, 2.05) is 0 Å². The summed E-state index contributed by atoms with van der Waals surface area (Å²) in [5, 5.41) is 9.09. The smallest absolute Gasteiger partial charge is 0.340 e. The Balaban J connectivity index is 2.21. The maximum Gasteiger partial charge on any atom is 0.340 e. The van der Waals surface area contributed by atoms with E-state index >= 15 is 0 Å². The lowest BCUT2D eigenvalue weighted by molar-refractivity contribution is 0.0693. The molecule has 0 bridgehead atoms. The fourth-order valence-electron chi connectivity index (χ4n) is 2.21. The molecule has 1 aliphatic heterocycles. The SMILES string of the molecule is O=C(O)c1c(F)cccc1N1C(=O)c2ccncc2C1=O. The molecule has 6 nitrogen and oxygen atoms in total. The first-order valence-electron chi connectivity index (χ1n) is 5.87. The molecule has 104 valence electrons. The maximum atomic E-state index is 13.7. The summed E-state index contributed by atoms with van der Waals surface area (Å²) in [5.41, 5.74) is -0.854. The van der Waals surface area contributed by atoms with Crippen LogP contribution in [0, 0.1) is 5.82 Å². The van der Waals surface area contributed by atoms with Gasteiger partial charge in [-0.2, -0.15) is 0 Å². The van der Waals surface area contributed by atoms with E-state index < -0.39 is 29.2 Å². The van der Waals surface area contributed by atoms with Gasteiger partial charge in [0.1, 0.15) is 11.4 Å². The highest BCUT2D eigenvalue weighted by molar-refractivity contribution is 6.35. The number of benzene rings is 1. The van der Waals surface area contributed by atoms with E-state index in [1.165, 1.54) is 30.6 Å². The summed E-state index contributed by atoms with van der Waals surface area (Å²) in [7, 11) is 0. The summed E-state index contributed by atoms with van der Waals surface area (Å²) in [5.74, 6) is -4.01. The lowest BCUT2D eigenvalue weighted by atomic mass is 10.1. The second-order valence-electron chi connectivity index (χ2n) is 4.31. The molecule has 0 saturated heterocycles. The number of carbonyl (C=O) groups is 3. The molecule has 0 fully saturated rings. The fourth-order valence-corrected chi connectivity index (χ4v) is 2.21. The number of rotatable bonds is 2. The second kappa shape index (κ2) is 4.48. The van der Waals surface area contributed by atoms with Gasteiger partial charge in [0.05, 0.1) is 16.8 Å². The van der Waals surface area contributed by atoms with Gasteiger partial charge in [-0.15, -0.1) is 0 Å². The van der Waals surface area contributed by atoms with Crippen molar-refractivity contribution in [3.63, 3.8) is 0 Å². The molecule has 1 aromatic carbocycles. The highest BCUT2D eigenvalue weighted by Gasteiger charge is 2.39. The van der Waals surface area contributed by atoms with Gasteiger partial charge in [-0.25, -0.2) is 14.1 Å². The Morgan fingerprint density at radius 3 is 2.52 bits per heavy atom. The van der Waals surface area contributed by atoms with E-state index in [4.69, 9.17) is 5.11 Å². The molecule has 2 aromatic rings. The van der Waals surface area contributed by atoms with Crippen molar-refractivity contribution < 1.29 is 23.9 Å². The number of nitrogens with zero attached hydrogens (tertiary/aromatic N) is 2. The normalized spacial score (nSPS) is 13.5. The number of hydrogen-bond acceptors (Lipinski definition) is 4. The first-order chi connectivity index (χ1) is 10.0. The average Bonchev–Trinajstić information content (AvgIpc) is 2.71. The number of carboxylic acid groups (broad SMARTS) is 1. The largest absolute Gasteiger partial charge is 0.478 e. The third-order valence-corrected chi connectivity index (χ3v) is 3.13. The lowest BCUT2D eigenvalue weighted by Crippen LogP contribution is -2.31. The van der Waals surface area contributed by atoms with Crippen LogP contribution in [-0.2, 0) is 0 Å². The van der Waals surface area contributed by atoms with Crippen LogP contribution in [0.4, 0.5) is 10.1 Å². The van der Waals surface area contributed by atoms with Crippen molar-refractivity contribution in [1.82, 2.24) is 4.98 Å². The molecule has 0 aliphatic carbocycles. The Labute approximate surface area is 117 Å². The molecular formula is C14H7FN2O4. The van der Waals surface area contributed by atoms with Crippen LogP contribution in [0.25, 0.3) is 0 Å². The number of pyridine rings is 1. The van der Waals surface area contributed by atoms with Crippen LogP contribution in [-0.4, -0.2) is 27.9 Å². The minimum Gasteiger partial charge on any atom is -0.478 e. The first-order valence-corrected chi connectivity index (χ1v) is 5.87. The van der Waals surface area contributed by atoms with Gasteiger partial charge >= 0.3 is 5.97 Å². The topological polar surface area (TPSA) is 87.6 Å². The summed E-state index contributed by atoms with van der Waals surface area (Å²) in [6.45, 7) is 0. The van der Waals surface area contributed by atoms with Gasteiger partial charge in [0, 0.05) is 12.4 Å². The van der Waals surface area contributed by atoms with Gasteiger partial charge in [0.25, 0.3) is 11.8 Å². The first kappa shape index (κ1) is 12.9. The van der Waals surface area contributed by atoms with Crippen LogP contribution < -0.4 is 4.90 Å². The summed E-state index contributed by atoms with van der Waals surface area (Å²) in [6, 6.07) is 4.75. The van der Waals surface area contributed by atoms with Crippen LogP contribution in [0.15, 0.2) is 36.7 Å². The monoisotopic (exact) mass is 286 g/mol. The quantitative estimate of drug-likeness (QED) is 0.849. The molecule has 2 amide bonds.